The first-order chi connectivity index (χ1) is 6.48. The van der Waals surface area contributed by atoms with Gasteiger partial charge in [-0.3, -0.25) is 0 Å². The van der Waals surface area contributed by atoms with E-state index in [9.17, 15) is 13.2 Å². The van der Waals surface area contributed by atoms with Crippen LogP contribution in [0.15, 0.2) is 18.2 Å². The molecule has 0 aliphatic heterocycles. The van der Waals surface area contributed by atoms with Crippen molar-refractivity contribution in [3.8, 4) is 0 Å². The third kappa shape index (κ3) is 1.32. The summed E-state index contributed by atoms with van der Waals surface area (Å²) in [6.45, 7) is 0. The molecule has 0 aliphatic rings. The second-order valence-corrected chi connectivity index (χ2v) is 2.91. The normalized spacial score (nSPS) is 12.3. The van der Waals surface area contributed by atoms with Crippen LogP contribution in [0.1, 0.15) is 5.56 Å². The maximum absolute atomic E-state index is 12.3. The average Bonchev–Trinajstić information content (AvgIpc) is 2.46. The van der Waals surface area contributed by atoms with Gasteiger partial charge in [0.1, 0.15) is 5.52 Å². The molecule has 2 aromatic rings. The Morgan fingerprint density at radius 3 is 2.64 bits per heavy atom. The van der Waals surface area contributed by atoms with E-state index in [1.807, 2.05) is 0 Å². The predicted molar refractivity (Wildman–Crippen MR) is 43.5 cm³/mol. The van der Waals surface area contributed by atoms with Crippen LogP contribution in [0.2, 0.25) is 0 Å². The number of fused-ring (bicyclic) bond motifs is 1. The largest absolute Gasteiger partial charge is 0.416 e. The van der Waals surface area contributed by atoms with Gasteiger partial charge in [0.25, 0.3) is 0 Å². The van der Waals surface area contributed by atoms with E-state index in [1.165, 1.54) is 10.7 Å². The zero-order valence-corrected chi connectivity index (χ0v) is 7.21. The first kappa shape index (κ1) is 8.98. The molecule has 0 bridgehead atoms. The van der Waals surface area contributed by atoms with Gasteiger partial charge >= 0.3 is 6.18 Å². The van der Waals surface area contributed by atoms with Crippen LogP contribution >= 0.6 is 0 Å². The van der Waals surface area contributed by atoms with Crippen LogP contribution in [-0.4, -0.2) is 15.0 Å². The van der Waals surface area contributed by atoms with Crippen molar-refractivity contribution >= 4 is 11.0 Å². The van der Waals surface area contributed by atoms with Crippen LogP contribution in [0.3, 0.4) is 0 Å². The van der Waals surface area contributed by atoms with Crippen LogP contribution in [0.4, 0.5) is 13.2 Å². The minimum atomic E-state index is -4.32. The Bertz CT molecular complexity index is 472. The van der Waals surface area contributed by atoms with Crippen LogP contribution in [0.25, 0.3) is 11.0 Å². The highest BCUT2D eigenvalue weighted by molar-refractivity contribution is 5.75. The van der Waals surface area contributed by atoms with Crippen molar-refractivity contribution < 1.29 is 13.2 Å². The van der Waals surface area contributed by atoms with Crippen LogP contribution in [-0.2, 0) is 13.2 Å². The number of aryl methyl sites for hydroxylation is 1. The minimum absolute atomic E-state index is 0.375. The van der Waals surface area contributed by atoms with Crippen LogP contribution < -0.4 is 0 Å². The third-order valence-electron chi connectivity index (χ3n) is 1.94. The lowest BCUT2D eigenvalue weighted by atomic mass is 10.2. The Kier molecular flexibility index (Phi) is 1.73. The van der Waals surface area contributed by atoms with Gasteiger partial charge in [-0.05, 0) is 18.2 Å². The van der Waals surface area contributed by atoms with Crippen molar-refractivity contribution in [1.82, 2.24) is 15.0 Å². The molecular formula is C8H6F3N3. The SMILES string of the molecule is Cn1nnc2ccc(C(F)(F)F)cc21. The Morgan fingerprint density at radius 1 is 1.29 bits per heavy atom. The van der Waals surface area contributed by atoms with Gasteiger partial charge in [-0.2, -0.15) is 13.2 Å². The molecule has 0 radical (unpaired) electrons. The second kappa shape index (κ2) is 2.70. The fourth-order valence-corrected chi connectivity index (χ4v) is 1.21. The van der Waals surface area contributed by atoms with Gasteiger partial charge < -0.3 is 0 Å². The van der Waals surface area contributed by atoms with E-state index in [-0.39, 0.29) is 0 Å². The summed E-state index contributed by atoms with van der Waals surface area (Å²) < 4.78 is 38.2. The molecule has 6 heteroatoms. The highest BCUT2D eigenvalue weighted by Gasteiger charge is 2.30. The van der Waals surface area contributed by atoms with Crippen molar-refractivity contribution in [3.63, 3.8) is 0 Å². The molecule has 0 N–H and O–H groups in total. The molecule has 1 aromatic heterocycles. The number of hydrogen-bond acceptors (Lipinski definition) is 2. The molecule has 1 aromatic carbocycles. The summed E-state index contributed by atoms with van der Waals surface area (Å²) in [5.74, 6) is 0. The molecule has 3 nitrogen and oxygen atoms in total. The fourth-order valence-electron chi connectivity index (χ4n) is 1.21. The maximum Gasteiger partial charge on any atom is 0.416 e. The van der Waals surface area contributed by atoms with E-state index < -0.39 is 11.7 Å². The Labute approximate surface area is 77.1 Å². The fraction of sp³-hybridized carbons (Fsp3) is 0.250. The lowest BCUT2D eigenvalue weighted by molar-refractivity contribution is -0.137. The van der Waals surface area contributed by atoms with Crippen molar-refractivity contribution in [2.24, 2.45) is 7.05 Å². The van der Waals surface area contributed by atoms with Gasteiger partial charge in [0.15, 0.2) is 0 Å². The van der Waals surface area contributed by atoms with Gasteiger partial charge in [-0.1, -0.05) is 5.21 Å². The Hall–Kier alpha value is -1.59. The van der Waals surface area contributed by atoms with Crippen molar-refractivity contribution in [2.75, 3.05) is 0 Å². The molecule has 2 rings (SSSR count). The third-order valence-corrected chi connectivity index (χ3v) is 1.94. The molecule has 14 heavy (non-hydrogen) atoms. The predicted octanol–water partition coefficient (Wildman–Crippen LogP) is 1.99. The monoisotopic (exact) mass is 201 g/mol. The molecule has 1 heterocycles. The first-order valence-corrected chi connectivity index (χ1v) is 3.85. The maximum atomic E-state index is 12.3. The highest BCUT2D eigenvalue weighted by Crippen LogP contribution is 2.30. The van der Waals surface area contributed by atoms with Crippen LogP contribution in [0, 0.1) is 0 Å². The van der Waals surface area contributed by atoms with Gasteiger partial charge in [0.05, 0.1) is 11.1 Å². The molecule has 0 unspecified atom stereocenters. The zero-order valence-electron chi connectivity index (χ0n) is 7.21. The molecule has 0 aliphatic carbocycles. The number of rotatable bonds is 0. The average molecular weight is 201 g/mol. The molecule has 0 fully saturated rings. The lowest BCUT2D eigenvalue weighted by Gasteiger charge is -2.05. The van der Waals surface area contributed by atoms with Gasteiger partial charge in [0.2, 0.25) is 0 Å². The molecule has 0 saturated heterocycles. The van der Waals surface area contributed by atoms with Crippen molar-refractivity contribution in [1.29, 1.82) is 0 Å². The number of alkyl halides is 3. The Balaban J connectivity index is 2.66. The van der Waals surface area contributed by atoms with Gasteiger partial charge in [-0.25, -0.2) is 4.68 Å². The number of aromatic nitrogens is 3. The summed E-state index contributed by atoms with van der Waals surface area (Å²) in [5.41, 5.74) is 0.149. The molecular weight excluding hydrogens is 195 g/mol. The van der Waals surface area contributed by atoms with E-state index in [1.54, 1.807) is 7.05 Å². The summed E-state index contributed by atoms with van der Waals surface area (Å²) >= 11 is 0. The van der Waals surface area contributed by atoms with Gasteiger partial charge in [-0.15, -0.1) is 5.10 Å². The molecule has 0 atom stereocenters. The lowest BCUT2D eigenvalue weighted by Crippen LogP contribution is -2.04. The molecule has 0 amide bonds. The summed E-state index contributed by atoms with van der Waals surface area (Å²) in [6, 6.07) is 3.34. The van der Waals surface area contributed by atoms with E-state index >= 15 is 0 Å². The van der Waals surface area contributed by atoms with Crippen LogP contribution in [0.5, 0.6) is 0 Å². The molecule has 0 saturated carbocycles. The standard InChI is InChI=1S/C8H6F3N3/c1-14-7-4-5(8(9,10)11)2-3-6(7)12-13-14/h2-4H,1H3. The van der Waals surface area contributed by atoms with E-state index in [2.05, 4.69) is 10.3 Å². The summed E-state index contributed by atoms with van der Waals surface area (Å²) in [6.07, 6.45) is -4.32. The van der Waals surface area contributed by atoms with Gasteiger partial charge in [0, 0.05) is 7.05 Å². The zero-order chi connectivity index (χ0) is 10.3. The number of halogens is 3. The number of hydrogen-bond donors (Lipinski definition) is 0. The number of benzene rings is 1. The number of nitrogens with zero attached hydrogens (tertiary/aromatic N) is 3. The van der Waals surface area contributed by atoms with Crippen molar-refractivity contribution in [2.45, 2.75) is 6.18 Å². The first-order valence-electron chi connectivity index (χ1n) is 3.85. The molecule has 74 valence electrons. The quantitative estimate of drug-likeness (QED) is 0.652. The summed E-state index contributed by atoms with van der Waals surface area (Å²) in [4.78, 5) is 0. The Morgan fingerprint density at radius 2 is 2.00 bits per heavy atom. The topological polar surface area (TPSA) is 30.7 Å². The minimum Gasteiger partial charge on any atom is -0.248 e. The van der Waals surface area contributed by atoms with E-state index in [0.29, 0.717) is 11.0 Å². The smallest absolute Gasteiger partial charge is 0.248 e. The highest BCUT2D eigenvalue weighted by atomic mass is 19.4. The van der Waals surface area contributed by atoms with E-state index in [4.69, 9.17) is 0 Å². The summed E-state index contributed by atoms with van der Waals surface area (Å²) in [7, 11) is 1.55. The summed E-state index contributed by atoms with van der Waals surface area (Å²) in [5, 5.41) is 7.31. The molecule has 0 spiro atoms. The van der Waals surface area contributed by atoms with Crippen molar-refractivity contribution in [3.05, 3.63) is 23.8 Å². The van der Waals surface area contributed by atoms with E-state index in [0.717, 1.165) is 12.1 Å². The second-order valence-electron chi connectivity index (χ2n) is 2.91.